The van der Waals surface area contributed by atoms with E-state index in [1.807, 2.05) is 0 Å². The van der Waals surface area contributed by atoms with Gasteiger partial charge in [0.15, 0.2) is 0 Å². The van der Waals surface area contributed by atoms with E-state index in [0.29, 0.717) is 0 Å². The van der Waals surface area contributed by atoms with E-state index in [4.69, 9.17) is 0 Å². The lowest BCUT2D eigenvalue weighted by Crippen LogP contribution is -1.89. The fraction of sp³-hybridized carbons (Fsp3) is 0.0476. The summed E-state index contributed by atoms with van der Waals surface area (Å²) in [6.07, 6.45) is 0. The maximum Gasteiger partial charge on any atom is -0.00199 e. The summed E-state index contributed by atoms with van der Waals surface area (Å²) in [5, 5.41) is 21.5. The van der Waals surface area contributed by atoms with Crippen LogP contribution >= 0.6 is 0 Å². The molecule has 0 unspecified atom stereocenters. The molecule has 0 aromatic heterocycles. The molecule has 0 heterocycles. The molecule has 0 amide bonds. The average molecular weight is 531 g/mol. The molecule has 0 aliphatic carbocycles. The van der Waals surface area contributed by atoms with Crippen molar-refractivity contribution in [2.24, 2.45) is 0 Å². The zero-order chi connectivity index (χ0) is 27.7. The largest absolute Gasteiger partial charge is 0.0617 e. The van der Waals surface area contributed by atoms with Crippen LogP contribution in [-0.4, -0.2) is 0 Å². The molecule has 0 heteroatoms. The molecule has 0 N–H and O–H groups in total. The molecule has 0 saturated carbocycles. The Hall–Kier alpha value is -5.20. The van der Waals surface area contributed by atoms with Gasteiger partial charge in [-0.1, -0.05) is 91.0 Å². The van der Waals surface area contributed by atoms with Gasteiger partial charge in [0, 0.05) is 0 Å². The van der Waals surface area contributed by atoms with Crippen LogP contribution in [0.3, 0.4) is 0 Å². The minimum atomic E-state index is 1.31. The van der Waals surface area contributed by atoms with Crippen LogP contribution in [0, 0.1) is 13.8 Å². The summed E-state index contributed by atoms with van der Waals surface area (Å²) in [6.45, 7) is 4.46. The normalized spacial score (nSPS) is 12.5. The second-order valence-corrected chi connectivity index (χ2v) is 12.2. The highest BCUT2D eigenvalue weighted by molar-refractivity contribution is 6.37. The fourth-order valence-electron chi connectivity index (χ4n) is 8.15. The van der Waals surface area contributed by atoms with Crippen molar-refractivity contribution < 1.29 is 0 Å². The highest BCUT2D eigenvalue weighted by atomic mass is 14.2. The summed E-state index contributed by atoms with van der Waals surface area (Å²) in [5.41, 5.74) is 5.35. The van der Waals surface area contributed by atoms with Crippen molar-refractivity contribution in [3.8, 4) is 11.1 Å². The van der Waals surface area contributed by atoms with Crippen LogP contribution in [0.4, 0.5) is 0 Å². The van der Waals surface area contributed by atoms with Gasteiger partial charge in [0.2, 0.25) is 0 Å². The number of benzene rings is 8. The first-order valence-corrected chi connectivity index (χ1v) is 14.9. The highest BCUT2D eigenvalue weighted by Gasteiger charge is 2.19. The van der Waals surface area contributed by atoms with Crippen LogP contribution in [0.1, 0.15) is 11.1 Å². The Morgan fingerprint density at radius 2 is 0.762 bits per heavy atom. The van der Waals surface area contributed by atoms with Gasteiger partial charge in [-0.3, -0.25) is 0 Å². The van der Waals surface area contributed by atoms with Crippen molar-refractivity contribution in [2.75, 3.05) is 0 Å². The summed E-state index contributed by atoms with van der Waals surface area (Å²) < 4.78 is 0. The van der Waals surface area contributed by atoms with Gasteiger partial charge in [-0.05, 0) is 153 Å². The van der Waals surface area contributed by atoms with Gasteiger partial charge in [-0.25, -0.2) is 0 Å². The lowest BCUT2D eigenvalue weighted by Gasteiger charge is -2.13. The van der Waals surface area contributed by atoms with Crippen molar-refractivity contribution >= 4 is 86.2 Å². The summed E-state index contributed by atoms with van der Waals surface area (Å²) in [7, 11) is 0. The Kier molecular flexibility index (Phi) is 4.15. The second kappa shape index (κ2) is 7.75. The van der Waals surface area contributed by atoms with E-state index in [0.717, 1.165) is 0 Å². The molecule has 42 heavy (non-hydrogen) atoms. The number of fused-ring (bicyclic) bond motifs is 9. The van der Waals surface area contributed by atoms with Crippen molar-refractivity contribution in [1.29, 1.82) is 0 Å². The van der Waals surface area contributed by atoms with E-state index >= 15 is 0 Å². The summed E-state index contributed by atoms with van der Waals surface area (Å²) in [4.78, 5) is 0. The summed E-state index contributed by atoms with van der Waals surface area (Å²) in [5.74, 6) is 0. The fourth-order valence-corrected chi connectivity index (χ4v) is 8.15. The summed E-state index contributed by atoms with van der Waals surface area (Å²) in [6, 6.07) is 46.0. The van der Waals surface area contributed by atoms with E-state index < -0.39 is 0 Å². The lowest BCUT2D eigenvalue weighted by atomic mass is 9.91. The van der Waals surface area contributed by atoms with E-state index in [1.54, 1.807) is 0 Å². The van der Waals surface area contributed by atoms with E-state index in [9.17, 15) is 0 Å². The Morgan fingerprint density at radius 3 is 1.43 bits per heavy atom. The number of hydrogen-bond acceptors (Lipinski definition) is 0. The maximum atomic E-state index is 2.44. The molecule has 0 atom stereocenters. The van der Waals surface area contributed by atoms with Crippen LogP contribution in [0.2, 0.25) is 0 Å². The quantitative estimate of drug-likeness (QED) is 0.185. The van der Waals surface area contributed by atoms with Gasteiger partial charge in [-0.2, -0.15) is 0 Å². The van der Waals surface area contributed by atoms with Gasteiger partial charge in [0.1, 0.15) is 0 Å². The van der Waals surface area contributed by atoms with Gasteiger partial charge < -0.3 is 0 Å². The van der Waals surface area contributed by atoms with Gasteiger partial charge in [0.05, 0.1) is 0 Å². The van der Waals surface area contributed by atoms with Gasteiger partial charge in [-0.15, -0.1) is 0 Å². The van der Waals surface area contributed by atoms with Crippen LogP contribution in [0.25, 0.3) is 97.3 Å². The Labute approximate surface area is 243 Å². The van der Waals surface area contributed by atoms with Crippen LogP contribution in [-0.2, 0) is 0 Å². The van der Waals surface area contributed by atoms with Crippen molar-refractivity contribution in [2.45, 2.75) is 13.8 Å². The second-order valence-electron chi connectivity index (χ2n) is 12.2. The SMILES string of the molecule is Cc1cccc(C)c1-c1ccc2c3cc4cc5c(cc4cc3c3cccc1c23)c1cc2ccccc2c2cccc5c21. The third kappa shape index (κ3) is 2.72. The first kappa shape index (κ1) is 22.5. The molecule has 0 aliphatic rings. The molecule has 0 aliphatic heterocycles. The molecule has 10 aromatic carbocycles. The third-order valence-corrected chi connectivity index (χ3v) is 9.95. The van der Waals surface area contributed by atoms with E-state index in [-0.39, 0.29) is 0 Å². The molecular formula is C42H26. The number of hydrogen-bond donors (Lipinski definition) is 0. The summed E-state index contributed by atoms with van der Waals surface area (Å²) >= 11 is 0. The molecular weight excluding hydrogens is 504 g/mol. The van der Waals surface area contributed by atoms with Gasteiger partial charge >= 0.3 is 0 Å². The van der Waals surface area contributed by atoms with Crippen molar-refractivity contribution in [3.63, 3.8) is 0 Å². The van der Waals surface area contributed by atoms with Crippen LogP contribution < -0.4 is 0 Å². The molecule has 194 valence electrons. The first-order valence-electron chi connectivity index (χ1n) is 14.9. The van der Waals surface area contributed by atoms with Gasteiger partial charge in [0.25, 0.3) is 0 Å². The van der Waals surface area contributed by atoms with E-state index in [2.05, 4.69) is 135 Å². The van der Waals surface area contributed by atoms with Crippen LogP contribution in [0.5, 0.6) is 0 Å². The minimum Gasteiger partial charge on any atom is -0.0617 e. The maximum absolute atomic E-state index is 2.44. The highest BCUT2D eigenvalue weighted by Crippen LogP contribution is 2.47. The standard InChI is InChI=1S/C42H26/c1-23-8-5-9-24(2)40(23)33-16-17-34-37-21-26-20-36-32-15-6-12-29-28-11-4-3-10-25(28)18-39(42(29)32)38(36)22-27(26)19-35(37)31-14-7-13-30(33)41(31)34/h3-22H,1-2H3. The molecule has 10 aromatic rings. The number of aryl methyl sites for hydroxylation is 2. The molecule has 0 bridgehead atoms. The Morgan fingerprint density at radius 1 is 0.310 bits per heavy atom. The molecule has 10 rings (SSSR count). The number of rotatable bonds is 1. The van der Waals surface area contributed by atoms with Crippen molar-refractivity contribution in [1.82, 2.24) is 0 Å². The zero-order valence-corrected chi connectivity index (χ0v) is 23.5. The molecule has 0 nitrogen and oxygen atoms in total. The minimum absolute atomic E-state index is 1.31. The third-order valence-electron chi connectivity index (χ3n) is 9.95. The zero-order valence-electron chi connectivity index (χ0n) is 23.5. The predicted octanol–water partition coefficient (Wildman–Crippen LogP) is 12.1. The Bertz CT molecular complexity index is 2720. The molecule has 0 fully saturated rings. The predicted molar refractivity (Wildman–Crippen MR) is 184 cm³/mol. The smallest absolute Gasteiger partial charge is 0.00199 e. The first-order chi connectivity index (χ1) is 20.7. The molecule has 0 radical (unpaired) electrons. The van der Waals surface area contributed by atoms with E-state index in [1.165, 1.54) is 108 Å². The molecule has 0 saturated heterocycles. The monoisotopic (exact) mass is 530 g/mol. The topological polar surface area (TPSA) is 0 Å². The Balaban J connectivity index is 1.33. The average Bonchev–Trinajstić information content (AvgIpc) is 3.49. The lowest BCUT2D eigenvalue weighted by molar-refractivity contribution is 1.39. The van der Waals surface area contributed by atoms with Crippen LogP contribution in [0.15, 0.2) is 121 Å². The van der Waals surface area contributed by atoms with Crippen molar-refractivity contribution in [3.05, 3.63) is 132 Å². The molecule has 0 spiro atoms.